The van der Waals surface area contributed by atoms with Crippen molar-refractivity contribution in [2.75, 3.05) is 0 Å². The maximum atomic E-state index is 5.81. The van der Waals surface area contributed by atoms with Gasteiger partial charge in [-0.1, -0.05) is 17.7 Å². The first-order valence-electron chi connectivity index (χ1n) is 3.32. The number of hydrogen-bond donors (Lipinski definition) is 0. The third-order valence-electron chi connectivity index (χ3n) is 1.35. The topological polar surface area (TPSA) is 12.4 Å². The summed E-state index contributed by atoms with van der Waals surface area (Å²) < 4.78 is 1.04. The summed E-state index contributed by atoms with van der Waals surface area (Å²) in [6, 6.07) is 0. The second-order valence-electron chi connectivity index (χ2n) is 2.23. The number of rotatable bonds is 0. The molecule has 1 rings (SSSR count). The lowest BCUT2D eigenvalue weighted by Crippen LogP contribution is -1.96. The average molecular weight is 223 g/mol. The van der Waals surface area contributed by atoms with Crippen LogP contribution in [0.5, 0.6) is 0 Å². The number of halogens is 2. The Labute approximate surface area is 74.3 Å². The van der Waals surface area contributed by atoms with E-state index >= 15 is 0 Å². The molecule has 0 aromatic rings. The van der Waals surface area contributed by atoms with Crippen molar-refractivity contribution >= 4 is 33.7 Å². The van der Waals surface area contributed by atoms with E-state index in [9.17, 15) is 0 Å². The summed E-state index contributed by atoms with van der Waals surface area (Å²) in [6.45, 7) is 0. The number of hydrogen-bond acceptors (Lipinski definition) is 1. The lowest BCUT2D eigenvalue weighted by Gasteiger charge is -2.04. The van der Waals surface area contributed by atoms with Gasteiger partial charge < -0.3 is 0 Å². The fourth-order valence-electron chi connectivity index (χ4n) is 0.806. The average Bonchev–Trinajstić information content (AvgIpc) is 1.90. The zero-order valence-electron chi connectivity index (χ0n) is 5.56. The molecule has 0 amide bonds. The first kappa shape index (κ1) is 8.28. The number of aliphatic imine (C=N–C) groups is 1. The van der Waals surface area contributed by atoms with Gasteiger partial charge >= 0.3 is 0 Å². The molecule has 0 aromatic carbocycles. The van der Waals surface area contributed by atoms with Crippen LogP contribution in [0.1, 0.15) is 19.3 Å². The standard InChI is InChI=1S/C7H9BrClN/c8-6-3-1-2-4-7(9)10-5-6/h3,5,7H,1-2,4H2/b6-3+,10-5-. The molecule has 0 saturated carbocycles. The lowest BCUT2D eigenvalue weighted by molar-refractivity contribution is 0.717. The Morgan fingerprint density at radius 3 is 3.30 bits per heavy atom. The Bertz CT molecular complexity index is 165. The quantitative estimate of drug-likeness (QED) is 0.441. The number of allylic oxidation sites excluding steroid dienone is 2. The molecule has 1 aliphatic heterocycles. The fourth-order valence-corrected chi connectivity index (χ4v) is 1.36. The Balaban J connectivity index is 2.57. The van der Waals surface area contributed by atoms with E-state index in [-0.39, 0.29) is 5.50 Å². The van der Waals surface area contributed by atoms with E-state index in [1.807, 2.05) is 0 Å². The second kappa shape index (κ2) is 4.14. The predicted octanol–water partition coefficient (Wildman–Crippen LogP) is 3.08. The van der Waals surface area contributed by atoms with Crippen LogP contribution >= 0.6 is 27.5 Å². The summed E-state index contributed by atoms with van der Waals surface area (Å²) in [7, 11) is 0. The van der Waals surface area contributed by atoms with Gasteiger partial charge in [-0.15, -0.1) is 0 Å². The summed E-state index contributed by atoms with van der Waals surface area (Å²) in [5, 5.41) is 0. The Kier molecular flexibility index (Phi) is 3.43. The van der Waals surface area contributed by atoms with E-state index in [4.69, 9.17) is 11.6 Å². The number of alkyl halides is 1. The molecule has 1 aliphatic rings. The SMILES string of the molecule is ClC1CCC/C=C(Br)\C=N/1. The molecule has 0 spiro atoms. The van der Waals surface area contributed by atoms with Gasteiger partial charge in [0.2, 0.25) is 0 Å². The lowest BCUT2D eigenvalue weighted by atomic mass is 10.2. The van der Waals surface area contributed by atoms with E-state index in [0.29, 0.717) is 0 Å². The van der Waals surface area contributed by atoms with Crippen molar-refractivity contribution in [1.29, 1.82) is 0 Å². The summed E-state index contributed by atoms with van der Waals surface area (Å²) in [5.74, 6) is 0. The van der Waals surface area contributed by atoms with Gasteiger partial charge in [-0.05, 0) is 35.2 Å². The van der Waals surface area contributed by atoms with Crippen molar-refractivity contribution in [3.05, 3.63) is 10.6 Å². The third kappa shape index (κ3) is 2.84. The van der Waals surface area contributed by atoms with Crippen LogP contribution in [-0.4, -0.2) is 11.7 Å². The molecule has 3 heteroatoms. The zero-order chi connectivity index (χ0) is 7.40. The molecule has 0 N–H and O–H groups in total. The maximum absolute atomic E-state index is 5.81. The normalized spacial score (nSPS) is 35.4. The molecule has 10 heavy (non-hydrogen) atoms. The maximum Gasteiger partial charge on any atom is 0.123 e. The van der Waals surface area contributed by atoms with Crippen molar-refractivity contribution < 1.29 is 0 Å². The fraction of sp³-hybridized carbons (Fsp3) is 0.571. The van der Waals surface area contributed by atoms with Crippen LogP contribution in [0.2, 0.25) is 0 Å². The third-order valence-corrected chi connectivity index (χ3v) is 2.20. The molecule has 1 unspecified atom stereocenters. The minimum absolute atomic E-state index is 0.0266. The monoisotopic (exact) mass is 221 g/mol. The molecule has 56 valence electrons. The highest BCUT2D eigenvalue weighted by molar-refractivity contribution is 9.12. The van der Waals surface area contributed by atoms with Crippen molar-refractivity contribution in [3.8, 4) is 0 Å². The second-order valence-corrected chi connectivity index (χ2v) is 3.65. The molecular formula is C7H9BrClN. The smallest absolute Gasteiger partial charge is 0.123 e. The molecule has 0 aromatic heterocycles. The van der Waals surface area contributed by atoms with E-state index < -0.39 is 0 Å². The highest BCUT2D eigenvalue weighted by Crippen LogP contribution is 2.15. The van der Waals surface area contributed by atoms with Gasteiger partial charge in [0.25, 0.3) is 0 Å². The van der Waals surface area contributed by atoms with Gasteiger partial charge in [0, 0.05) is 10.7 Å². The molecule has 0 aliphatic carbocycles. The Morgan fingerprint density at radius 2 is 2.50 bits per heavy atom. The summed E-state index contributed by atoms with van der Waals surface area (Å²) >= 11 is 9.17. The molecule has 1 nitrogen and oxygen atoms in total. The van der Waals surface area contributed by atoms with Crippen LogP contribution in [0.25, 0.3) is 0 Å². The highest BCUT2D eigenvalue weighted by Gasteiger charge is 2.01. The summed E-state index contributed by atoms with van der Waals surface area (Å²) in [4.78, 5) is 4.09. The van der Waals surface area contributed by atoms with Gasteiger partial charge in [0.05, 0.1) is 0 Å². The molecule has 0 fully saturated rings. The van der Waals surface area contributed by atoms with E-state index in [1.54, 1.807) is 6.21 Å². The predicted molar refractivity (Wildman–Crippen MR) is 49.0 cm³/mol. The van der Waals surface area contributed by atoms with Crippen LogP contribution in [0.4, 0.5) is 0 Å². The zero-order valence-corrected chi connectivity index (χ0v) is 7.90. The van der Waals surface area contributed by atoms with E-state index in [2.05, 4.69) is 27.0 Å². The molecule has 0 radical (unpaired) electrons. The molecular weight excluding hydrogens is 213 g/mol. The van der Waals surface area contributed by atoms with Crippen LogP contribution in [0.15, 0.2) is 15.6 Å². The molecule has 0 saturated heterocycles. The Morgan fingerprint density at radius 1 is 1.70 bits per heavy atom. The van der Waals surface area contributed by atoms with Gasteiger partial charge in [0.1, 0.15) is 5.50 Å². The van der Waals surface area contributed by atoms with Crippen molar-refractivity contribution in [2.45, 2.75) is 24.8 Å². The van der Waals surface area contributed by atoms with Crippen LogP contribution in [-0.2, 0) is 0 Å². The van der Waals surface area contributed by atoms with Crippen molar-refractivity contribution in [2.24, 2.45) is 4.99 Å². The minimum Gasteiger partial charge on any atom is -0.273 e. The van der Waals surface area contributed by atoms with E-state index in [1.165, 1.54) is 0 Å². The molecule has 1 atom stereocenters. The van der Waals surface area contributed by atoms with Gasteiger partial charge in [-0.25, -0.2) is 0 Å². The van der Waals surface area contributed by atoms with Crippen molar-refractivity contribution in [3.63, 3.8) is 0 Å². The highest BCUT2D eigenvalue weighted by atomic mass is 79.9. The Hall–Kier alpha value is 0.180. The van der Waals surface area contributed by atoms with Crippen LogP contribution < -0.4 is 0 Å². The summed E-state index contributed by atoms with van der Waals surface area (Å²) in [5.41, 5.74) is -0.0266. The first-order valence-corrected chi connectivity index (χ1v) is 4.55. The van der Waals surface area contributed by atoms with E-state index in [0.717, 1.165) is 23.7 Å². The molecule has 0 bridgehead atoms. The molecule has 1 heterocycles. The minimum atomic E-state index is -0.0266. The summed E-state index contributed by atoms with van der Waals surface area (Å²) in [6.07, 6.45) is 7.09. The van der Waals surface area contributed by atoms with Crippen LogP contribution in [0, 0.1) is 0 Å². The largest absolute Gasteiger partial charge is 0.273 e. The van der Waals surface area contributed by atoms with Gasteiger partial charge in [-0.3, -0.25) is 4.99 Å². The van der Waals surface area contributed by atoms with Crippen LogP contribution in [0.3, 0.4) is 0 Å². The van der Waals surface area contributed by atoms with Gasteiger partial charge in [0.15, 0.2) is 0 Å². The van der Waals surface area contributed by atoms with Crippen molar-refractivity contribution in [1.82, 2.24) is 0 Å². The first-order chi connectivity index (χ1) is 4.79. The van der Waals surface area contributed by atoms with Gasteiger partial charge in [-0.2, -0.15) is 0 Å². The number of nitrogens with zero attached hydrogens (tertiary/aromatic N) is 1.